The SMILES string of the molecule is CCN1CCC(CCNC(=NC)NCCCOC2CCN(Cc3ccccc3)CC2)CC1.I. The van der Waals surface area contributed by atoms with Crippen molar-refractivity contribution in [2.75, 3.05) is 59.5 Å². The van der Waals surface area contributed by atoms with E-state index in [1.165, 1.54) is 44.5 Å². The molecule has 0 unspecified atom stereocenters. The second-order valence-corrected chi connectivity index (χ2v) is 9.28. The van der Waals surface area contributed by atoms with Crippen molar-refractivity contribution >= 4 is 29.9 Å². The first-order valence-corrected chi connectivity index (χ1v) is 12.8. The number of nitrogens with zero attached hydrogens (tertiary/aromatic N) is 3. The molecule has 2 aliphatic rings. The Morgan fingerprint density at radius 1 is 0.970 bits per heavy atom. The molecule has 2 N–H and O–H groups in total. The molecule has 3 rings (SSSR count). The number of guanidine groups is 1. The maximum absolute atomic E-state index is 6.14. The van der Waals surface area contributed by atoms with E-state index in [1.807, 2.05) is 7.05 Å². The Morgan fingerprint density at radius 3 is 2.30 bits per heavy atom. The molecule has 0 bridgehead atoms. The molecule has 0 aromatic heterocycles. The molecule has 188 valence electrons. The number of piperidine rings is 2. The minimum absolute atomic E-state index is 0. The molecule has 1 aromatic carbocycles. The van der Waals surface area contributed by atoms with E-state index in [0.717, 1.165) is 70.5 Å². The smallest absolute Gasteiger partial charge is 0.190 e. The summed E-state index contributed by atoms with van der Waals surface area (Å²) < 4.78 is 6.14. The van der Waals surface area contributed by atoms with E-state index in [-0.39, 0.29) is 24.0 Å². The van der Waals surface area contributed by atoms with Gasteiger partial charge in [-0.3, -0.25) is 9.89 Å². The highest BCUT2D eigenvalue weighted by Crippen LogP contribution is 2.19. The zero-order chi connectivity index (χ0) is 22.4. The van der Waals surface area contributed by atoms with Crippen LogP contribution in [0.5, 0.6) is 0 Å². The number of ether oxygens (including phenoxy) is 1. The lowest BCUT2D eigenvalue weighted by molar-refractivity contribution is 0.00534. The summed E-state index contributed by atoms with van der Waals surface area (Å²) in [4.78, 5) is 9.46. The number of aliphatic imine (C=N–C) groups is 1. The molecular weight excluding hydrogens is 525 g/mol. The third kappa shape index (κ3) is 10.9. The van der Waals surface area contributed by atoms with E-state index >= 15 is 0 Å². The highest BCUT2D eigenvalue weighted by atomic mass is 127. The molecule has 33 heavy (non-hydrogen) atoms. The molecule has 2 aliphatic heterocycles. The van der Waals surface area contributed by atoms with Gasteiger partial charge in [0.2, 0.25) is 0 Å². The Hall–Kier alpha value is -0.900. The molecule has 0 radical (unpaired) electrons. The predicted molar refractivity (Wildman–Crippen MR) is 150 cm³/mol. The fourth-order valence-electron chi connectivity index (χ4n) is 4.81. The van der Waals surface area contributed by atoms with Gasteiger partial charge in [-0.25, -0.2) is 0 Å². The number of hydrogen-bond acceptors (Lipinski definition) is 4. The Bertz CT molecular complexity index is 643. The number of rotatable bonds is 11. The van der Waals surface area contributed by atoms with Crippen LogP contribution < -0.4 is 10.6 Å². The van der Waals surface area contributed by atoms with Gasteiger partial charge in [-0.05, 0) is 69.6 Å². The van der Waals surface area contributed by atoms with Gasteiger partial charge in [0, 0.05) is 46.4 Å². The fraction of sp³-hybridized carbons (Fsp3) is 0.731. The lowest BCUT2D eigenvalue weighted by Gasteiger charge is -2.32. The summed E-state index contributed by atoms with van der Waals surface area (Å²) in [5.74, 6) is 1.78. The van der Waals surface area contributed by atoms with Crippen LogP contribution in [0.2, 0.25) is 0 Å². The van der Waals surface area contributed by atoms with Crippen molar-refractivity contribution in [3.8, 4) is 0 Å². The molecule has 1 aromatic rings. The van der Waals surface area contributed by atoms with E-state index < -0.39 is 0 Å². The zero-order valence-electron chi connectivity index (χ0n) is 20.8. The summed E-state index contributed by atoms with van der Waals surface area (Å²) in [7, 11) is 1.86. The maximum Gasteiger partial charge on any atom is 0.190 e. The molecule has 0 amide bonds. The van der Waals surface area contributed by atoms with Crippen LogP contribution in [0.15, 0.2) is 35.3 Å². The second kappa shape index (κ2) is 16.7. The summed E-state index contributed by atoms with van der Waals surface area (Å²) in [6.07, 6.45) is 7.62. The molecular formula is C26H46IN5O. The Kier molecular flexibility index (Phi) is 14.3. The van der Waals surface area contributed by atoms with Gasteiger partial charge < -0.3 is 20.3 Å². The van der Waals surface area contributed by atoms with E-state index in [0.29, 0.717) is 6.10 Å². The maximum atomic E-state index is 6.14. The molecule has 0 atom stereocenters. The molecule has 7 heteroatoms. The first-order chi connectivity index (χ1) is 15.8. The van der Waals surface area contributed by atoms with Gasteiger partial charge in [0.05, 0.1) is 6.10 Å². The minimum Gasteiger partial charge on any atom is -0.378 e. The van der Waals surface area contributed by atoms with Crippen molar-refractivity contribution < 1.29 is 4.74 Å². The fourth-order valence-corrected chi connectivity index (χ4v) is 4.81. The zero-order valence-corrected chi connectivity index (χ0v) is 23.1. The van der Waals surface area contributed by atoms with Gasteiger partial charge in [0.1, 0.15) is 0 Å². The van der Waals surface area contributed by atoms with Crippen molar-refractivity contribution in [1.29, 1.82) is 0 Å². The lowest BCUT2D eigenvalue weighted by atomic mass is 9.93. The van der Waals surface area contributed by atoms with Gasteiger partial charge in [-0.15, -0.1) is 24.0 Å². The van der Waals surface area contributed by atoms with Crippen LogP contribution in [0.25, 0.3) is 0 Å². The predicted octanol–water partition coefficient (Wildman–Crippen LogP) is 3.96. The Morgan fingerprint density at radius 2 is 1.64 bits per heavy atom. The lowest BCUT2D eigenvalue weighted by Crippen LogP contribution is -2.40. The van der Waals surface area contributed by atoms with Crippen molar-refractivity contribution in [3.05, 3.63) is 35.9 Å². The van der Waals surface area contributed by atoms with Crippen LogP contribution in [0.1, 0.15) is 51.0 Å². The summed E-state index contributed by atoms with van der Waals surface area (Å²) in [6, 6.07) is 10.8. The van der Waals surface area contributed by atoms with Crippen molar-refractivity contribution in [1.82, 2.24) is 20.4 Å². The monoisotopic (exact) mass is 571 g/mol. The highest BCUT2D eigenvalue weighted by molar-refractivity contribution is 14.0. The summed E-state index contributed by atoms with van der Waals surface area (Å²) in [5, 5.41) is 6.92. The number of nitrogens with one attached hydrogen (secondary N) is 2. The second-order valence-electron chi connectivity index (χ2n) is 9.28. The average Bonchev–Trinajstić information content (AvgIpc) is 2.85. The first-order valence-electron chi connectivity index (χ1n) is 12.8. The first kappa shape index (κ1) is 28.3. The van der Waals surface area contributed by atoms with Gasteiger partial charge in [-0.1, -0.05) is 37.3 Å². The van der Waals surface area contributed by atoms with Crippen molar-refractivity contribution in [2.45, 2.75) is 58.1 Å². The molecule has 0 aliphatic carbocycles. The standard InChI is InChI=1S/C26H45N5O.HI/c1-3-30-17-11-23(12-18-30)10-16-29-26(27-2)28-15-7-21-32-25-13-19-31(20-14-25)22-24-8-5-4-6-9-24;/h4-6,8-9,23,25H,3,7,10-22H2,1-2H3,(H2,27,28,29);1H. The number of hydrogen-bond donors (Lipinski definition) is 2. The van der Waals surface area contributed by atoms with Gasteiger partial charge in [0.25, 0.3) is 0 Å². The summed E-state index contributed by atoms with van der Waals surface area (Å²) in [5.41, 5.74) is 1.40. The normalized spacial score (nSPS) is 19.3. The third-order valence-corrected chi connectivity index (χ3v) is 6.97. The van der Waals surface area contributed by atoms with E-state index in [4.69, 9.17) is 4.74 Å². The number of likely N-dealkylation sites (tertiary alicyclic amines) is 2. The van der Waals surface area contributed by atoms with E-state index in [9.17, 15) is 0 Å². The molecule has 2 saturated heterocycles. The largest absolute Gasteiger partial charge is 0.378 e. The van der Waals surface area contributed by atoms with Crippen LogP contribution in [-0.4, -0.2) is 81.3 Å². The number of halogens is 1. The van der Waals surface area contributed by atoms with E-state index in [2.05, 4.69) is 62.7 Å². The average molecular weight is 572 g/mol. The van der Waals surface area contributed by atoms with Crippen LogP contribution in [0.4, 0.5) is 0 Å². The highest BCUT2D eigenvalue weighted by Gasteiger charge is 2.20. The third-order valence-electron chi connectivity index (χ3n) is 6.97. The van der Waals surface area contributed by atoms with Crippen LogP contribution in [0, 0.1) is 5.92 Å². The van der Waals surface area contributed by atoms with Gasteiger partial charge >= 0.3 is 0 Å². The molecule has 0 saturated carbocycles. The molecule has 6 nitrogen and oxygen atoms in total. The topological polar surface area (TPSA) is 52.1 Å². The summed E-state index contributed by atoms with van der Waals surface area (Å²) in [6.45, 7) is 12.0. The molecule has 2 heterocycles. The number of benzene rings is 1. The van der Waals surface area contributed by atoms with Gasteiger partial charge in [-0.2, -0.15) is 0 Å². The van der Waals surface area contributed by atoms with Crippen molar-refractivity contribution in [2.24, 2.45) is 10.9 Å². The quantitative estimate of drug-likeness (QED) is 0.182. The van der Waals surface area contributed by atoms with Crippen molar-refractivity contribution in [3.63, 3.8) is 0 Å². The van der Waals surface area contributed by atoms with Crippen LogP contribution >= 0.6 is 24.0 Å². The van der Waals surface area contributed by atoms with Crippen LogP contribution in [-0.2, 0) is 11.3 Å². The summed E-state index contributed by atoms with van der Waals surface area (Å²) >= 11 is 0. The van der Waals surface area contributed by atoms with Gasteiger partial charge in [0.15, 0.2) is 5.96 Å². The Labute approximate surface area is 218 Å². The molecule has 2 fully saturated rings. The minimum atomic E-state index is 0. The Balaban J connectivity index is 0.00000385. The van der Waals surface area contributed by atoms with Crippen LogP contribution in [0.3, 0.4) is 0 Å². The molecule has 0 spiro atoms. The van der Waals surface area contributed by atoms with E-state index in [1.54, 1.807) is 0 Å².